The van der Waals surface area contributed by atoms with E-state index in [2.05, 4.69) is 15.4 Å². The van der Waals surface area contributed by atoms with Crippen LogP contribution in [0.15, 0.2) is 29.1 Å². The maximum atomic E-state index is 12.5. The second-order valence-electron chi connectivity index (χ2n) is 5.16. The van der Waals surface area contributed by atoms with Crippen LogP contribution in [0.5, 0.6) is 0 Å². The number of amides is 1. The van der Waals surface area contributed by atoms with E-state index in [1.807, 2.05) is 0 Å². The highest BCUT2D eigenvalue weighted by Crippen LogP contribution is 2.26. The topological polar surface area (TPSA) is 97.6 Å². The summed E-state index contributed by atoms with van der Waals surface area (Å²) >= 11 is 0. The van der Waals surface area contributed by atoms with E-state index in [1.54, 1.807) is 36.3 Å². The first-order chi connectivity index (χ1) is 11.8. The number of hydrogen-bond donors (Lipinski definition) is 2. The van der Waals surface area contributed by atoms with Crippen molar-refractivity contribution in [2.24, 2.45) is 0 Å². The van der Waals surface area contributed by atoms with Crippen molar-refractivity contribution in [1.82, 2.24) is 24.3 Å². The SMILES string of the molecule is CCn1c(=O)n(CC(=O)Nc2n[nH]c(C(F)(F)F)n2)c2ccccc21. The zero-order chi connectivity index (χ0) is 18.2. The average Bonchev–Trinajstić information content (AvgIpc) is 3.11. The van der Waals surface area contributed by atoms with E-state index in [-0.39, 0.29) is 12.2 Å². The van der Waals surface area contributed by atoms with Crippen LogP contribution >= 0.6 is 0 Å². The van der Waals surface area contributed by atoms with Crippen LogP contribution in [0.1, 0.15) is 12.7 Å². The van der Waals surface area contributed by atoms with Crippen molar-refractivity contribution in [2.75, 3.05) is 5.32 Å². The van der Waals surface area contributed by atoms with Crippen LogP contribution < -0.4 is 11.0 Å². The molecule has 0 spiro atoms. The van der Waals surface area contributed by atoms with Gasteiger partial charge in [0, 0.05) is 6.54 Å². The molecule has 0 aliphatic heterocycles. The number of fused-ring (bicyclic) bond motifs is 1. The van der Waals surface area contributed by atoms with Crippen molar-refractivity contribution >= 4 is 22.9 Å². The summed E-state index contributed by atoms with van der Waals surface area (Å²) in [5.74, 6) is -2.54. The van der Waals surface area contributed by atoms with E-state index in [0.717, 1.165) is 0 Å². The number of nitrogens with one attached hydrogen (secondary N) is 2. The molecule has 2 heterocycles. The number of benzene rings is 1. The molecular formula is C14H13F3N6O2. The second-order valence-corrected chi connectivity index (χ2v) is 5.16. The number of H-pyrrole nitrogens is 1. The van der Waals surface area contributed by atoms with Crippen LogP contribution in [0.3, 0.4) is 0 Å². The predicted octanol–water partition coefficient (Wildman–Crippen LogP) is 1.60. The number of aromatic amines is 1. The molecular weight excluding hydrogens is 341 g/mol. The number of aryl methyl sites for hydroxylation is 1. The average molecular weight is 354 g/mol. The second kappa shape index (κ2) is 6.07. The Morgan fingerprint density at radius 1 is 1.24 bits per heavy atom. The van der Waals surface area contributed by atoms with Gasteiger partial charge in [0.1, 0.15) is 6.54 Å². The van der Waals surface area contributed by atoms with Gasteiger partial charge >= 0.3 is 11.9 Å². The number of halogens is 3. The fraction of sp³-hybridized carbons (Fsp3) is 0.286. The van der Waals surface area contributed by atoms with Gasteiger partial charge in [-0.25, -0.2) is 4.79 Å². The van der Waals surface area contributed by atoms with Crippen molar-refractivity contribution in [3.63, 3.8) is 0 Å². The van der Waals surface area contributed by atoms with Gasteiger partial charge in [0.15, 0.2) is 0 Å². The first kappa shape index (κ1) is 16.7. The van der Waals surface area contributed by atoms with Gasteiger partial charge < -0.3 is 0 Å². The van der Waals surface area contributed by atoms with Gasteiger partial charge in [-0.3, -0.25) is 24.3 Å². The van der Waals surface area contributed by atoms with Crippen molar-refractivity contribution < 1.29 is 18.0 Å². The van der Waals surface area contributed by atoms with Crippen molar-refractivity contribution in [3.8, 4) is 0 Å². The van der Waals surface area contributed by atoms with Crippen LogP contribution in [0.2, 0.25) is 0 Å². The Balaban J connectivity index is 1.84. The van der Waals surface area contributed by atoms with Gasteiger partial charge in [-0.05, 0) is 19.1 Å². The number of carbonyl (C=O) groups excluding carboxylic acids is 1. The summed E-state index contributed by atoms with van der Waals surface area (Å²) in [5.41, 5.74) is 0.834. The summed E-state index contributed by atoms with van der Waals surface area (Å²) in [7, 11) is 0. The molecule has 0 radical (unpaired) electrons. The third kappa shape index (κ3) is 3.12. The van der Waals surface area contributed by atoms with E-state index in [9.17, 15) is 22.8 Å². The number of carbonyl (C=O) groups is 1. The zero-order valence-electron chi connectivity index (χ0n) is 13.0. The van der Waals surface area contributed by atoms with E-state index in [4.69, 9.17) is 0 Å². The van der Waals surface area contributed by atoms with Gasteiger partial charge in [0.05, 0.1) is 11.0 Å². The Labute approximate surface area is 138 Å². The van der Waals surface area contributed by atoms with Gasteiger partial charge in [-0.1, -0.05) is 12.1 Å². The summed E-state index contributed by atoms with van der Waals surface area (Å²) < 4.78 is 40.1. The van der Waals surface area contributed by atoms with Crippen molar-refractivity contribution in [2.45, 2.75) is 26.2 Å². The van der Waals surface area contributed by atoms with E-state index >= 15 is 0 Å². The molecule has 0 saturated heterocycles. The third-order valence-corrected chi connectivity index (χ3v) is 3.55. The monoisotopic (exact) mass is 354 g/mol. The largest absolute Gasteiger partial charge is 0.451 e. The molecule has 0 unspecified atom stereocenters. The molecule has 132 valence electrons. The lowest BCUT2D eigenvalue weighted by molar-refractivity contribution is -0.144. The molecule has 0 saturated carbocycles. The van der Waals surface area contributed by atoms with Gasteiger partial charge in [-0.15, -0.1) is 5.10 Å². The maximum Gasteiger partial charge on any atom is 0.451 e. The van der Waals surface area contributed by atoms with Crippen molar-refractivity contribution in [1.29, 1.82) is 0 Å². The fourth-order valence-corrected chi connectivity index (χ4v) is 2.48. The molecule has 3 aromatic rings. The number of rotatable bonds is 4. The molecule has 2 N–H and O–H groups in total. The molecule has 0 aliphatic carbocycles. The van der Waals surface area contributed by atoms with Gasteiger partial charge in [-0.2, -0.15) is 18.2 Å². The molecule has 0 fully saturated rings. The lowest BCUT2D eigenvalue weighted by Gasteiger charge is -2.03. The normalized spacial score (nSPS) is 11.8. The maximum absolute atomic E-state index is 12.5. The molecule has 0 atom stereocenters. The van der Waals surface area contributed by atoms with Gasteiger partial charge in [0.2, 0.25) is 17.7 Å². The molecule has 0 bridgehead atoms. The molecule has 1 aromatic carbocycles. The Morgan fingerprint density at radius 2 is 1.88 bits per heavy atom. The highest BCUT2D eigenvalue weighted by Gasteiger charge is 2.35. The summed E-state index contributed by atoms with van der Waals surface area (Å²) in [6.45, 7) is 1.84. The van der Waals surface area contributed by atoms with Crippen LogP contribution in [-0.2, 0) is 24.1 Å². The number of para-hydroxylation sites is 2. The Morgan fingerprint density at radius 3 is 2.44 bits per heavy atom. The molecule has 0 aliphatic rings. The number of alkyl halides is 3. The summed E-state index contributed by atoms with van der Waals surface area (Å²) in [6, 6.07) is 6.93. The summed E-state index contributed by atoms with van der Waals surface area (Å²) in [4.78, 5) is 27.6. The number of imidazole rings is 1. The standard InChI is InChI=1S/C14H13F3N6O2/c1-2-22-8-5-3-4-6-9(8)23(13(22)25)7-10(24)18-12-19-11(20-21-12)14(15,16)17/h3-6H,2,7H2,1H3,(H2,18,19,20,21,24). The lowest BCUT2D eigenvalue weighted by atomic mass is 10.3. The first-order valence-electron chi connectivity index (χ1n) is 7.28. The zero-order valence-corrected chi connectivity index (χ0v) is 13.0. The van der Waals surface area contributed by atoms with Crippen molar-refractivity contribution in [3.05, 3.63) is 40.6 Å². The summed E-state index contributed by atoms with van der Waals surface area (Å²) in [5, 5.41) is 7.13. The number of anilines is 1. The lowest BCUT2D eigenvalue weighted by Crippen LogP contribution is -2.29. The van der Waals surface area contributed by atoms with E-state index < -0.39 is 23.9 Å². The minimum atomic E-state index is -4.69. The highest BCUT2D eigenvalue weighted by atomic mass is 19.4. The molecule has 2 aromatic heterocycles. The number of hydrogen-bond acceptors (Lipinski definition) is 4. The summed E-state index contributed by atoms with van der Waals surface area (Å²) in [6.07, 6.45) is -4.69. The molecule has 8 nitrogen and oxygen atoms in total. The predicted molar refractivity (Wildman–Crippen MR) is 81.9 cm³/mol. The first-order valence-corrected chi connectivity index (χ1v) is 7.28. The van der Waals surface area contributed by atoms with E-state index in [0.29, 0.717) is 17.6 Å². The van der Waals surface area contributed by atoms with E-state index in [1.165, 1.54) is 9.13 Å². The number of nitrogens with zero attached hydrogens (tertiary/aromatic N) is 4. The van der Waals surface area contributed by atoms with Crippen LogP contribution in [0.25, 0.3) is 11.0 Å². The Bertz CT molecular complexity index is 985. The van der Waals surface area contributed by atoms with Crippen LogP contribution in [-0.4, -0.2) is 30.2 Å². The molecule has 3 rings (SSSR count). The quantitative estimate of drug-likeness (QED) is 0.744. The third-order valence-electron chi connectivity index (χ3n) is 3.55. The Kier molecular flexibility index (Phi) is 4.07. The smallest absolute Gasteiger partial charge is 0.292 e. The minimum absolute atomic E-state index is 0.373. The Hall–Kier alpha value is -3.11. The fourth-order valence-electron chi connectivity index (χ4n) is 2.48. The molecule has 25 heavy (non-hydrogen) atoms. The molecule has 11 heteroatoms. The van der Waals surface area contributed by atoms with Crippen LogP contribution in [0.4, 0.5) is 19.1 Å². The van der Waals surface area contributed by atoms with Crippen LogP contribution in [0, 0.1) is 0 Å². The number of aromatic nitrogens is 5. The highest BCUT2D eigenvalue weighted by molar-refractivity contribution is 5.90. The molecule has 1 amide bonds. The minimum Gasteiger partial charge on any atom is -0.292 e. The van der Waals surface area contributed by atoms with Gasteiger partial charge in [0.25, 0.3) is 0 Å².